The molecule has 1 aromatic rings. The number of hydrogen-bond acceptors (Lipinski definition) is 2. The molecular weight excluding hydrogens is 254 g/mol. The van der Waals surface area contributed by atoms with Crippen molar-refractivity contribution in [2.75, 3.05) is 18.0 Å². The summed E-state index contributed by atoms with van der Waals surface area (Å²) in [6.07, 6.45) is 1.12. The van der Waals surface area contributed by atoms with E-state index in [4.69, 9.17) is 0 Å². The molecule has 0 fully saturated rings. The first kappa shape index (κ1) is 12.5. The molecule has 0 aliphatic carbocycles. The number of hydrogen-bond donors (Lipinski definition) is 1. The van der Waals surface area contributed by atoms with Crippen molar-refractivity contribution >= 4 is 21.6 Å². The van der Waals surface area contributed by atoms with E-state index in [1.807, 2.05) is 12.1 Å². The molecule has 0 aromatic heterocycles. The molecule has 0 aliphatic rings. The molecular formula is C12H18BrNO. The number of anilines is 1. The summed E-state index contributed by atoms with van der Waals surface area (Å²) in [6.45, 7) is 6.40. The molecule has 2 nitrogen and oxygen atoms in total. The molecule has 0 aliphatic heterocycles. The molecule has 84 valence electrons. The Morgan fingerprint density at radius 2 is 2.07 bits per heavy atom. The van der Waals surface area contributed by atoms with Gasteiger partial charge in [0.2, 0.25) is 0 Å². The van der Waals surface area contributed by atoms with Crippen LogP contribution in [0.2, 0.25) is 0 Å². The lowest BCUT2D eigenvalue weighted by Gasteiger charge is -2.25. The van der Waals surface area contributed by atoms with E-state index < -0.39 is 0 Å². The van der Waals surface area contributed by atoms with Crippen molar-refractivity contribution in [3.63, 3.8) is 0 Å². The highest BCUT2D eigenvalue weighted by Crippen LogP contribution is 2.25. The van der Waals surface area contributed by atoms with E-state index in [0.717, 1.165) is 35.2 Å². The lowest BCUT2D eigenvalue weighted by Crippen LogP contribution is -2.24. The van der Waals surface area contributed by atoms with Gasteiger partial charge in [-0.05, 0) is 25.5 Å². The van der Waals surface area contributed by atoms with Gasteiger partial charge in [-0.2, -0.15) is 0 Å². The lowest BCUT2D eigenvalue weighted by molar-refractivity contribution is 0.282. The van der Waals surface area contributed by atoms with E-state index in [1.54, 1.807) is 0 Å². The minimum absolute atomic E-state index is 0.100. The third-order valence-electron chi connectivity index (χ3n) is 2.43. The molecule has 15 heavy (non-hydrogen) atoms. The molecule has 1 aromatic carbocycles. The Kier molecular flexibility index (Phi) is 5.12. The first-order valence-electron chi connectivity index (χ1n) is 5.37. The zero-order chi connectivity index (χ0) is 11.3. The normalized spacial score (nSPS) is 10.4. The number of aliphatic hydroxyl groups is 1. The molecule has 0 atom stereocenters. The predicted octanol–water partition coefficient (Wildman–Crippen LogP) is 3.18. The fraction of sp³-hybridized carbons (Fsp3) is 0.500. The molecule has 0 radical (unpaired) electrons. The van der Waals surface area contributed by atoms with E-state index >= 15 is 0 Å². The molecule has 0 spiro atoms. The van der Waals surface area contributed by atoms with Gasteiger partial charge in [0.25, 0.3) is 0 Å². The van der Waals surface area contributed by atoms with Crippen molar-refractivity contribution in [3.8, 4) is 0 Å². The van der Waals surface area contributed by atoms with Gasteiger partial charge in [0.05, 0.1) is 6.61 Å². The molecule has 0 saturated heterocycles. The van der Waals surface area contributed by atoms with E-state index in [0.29, 0.717) is 0 Å². The van der Waals surface area contributed by atoms with Gasteiger partial charge >= 0.3 is 0 Å². The van der Waals surface area contributed by atoms with Crippen LogP contribution in [-0.4, -0.2) is 18.2 Å². The maximum Gasteiger partial charge on any atom is 0.0702 e. The molecule has 0 saturated carbocycles. The Labute approximate surface area is 100 Å². The summed E-state index contributed by atoms with van der Waals surface area (Å²) in [4.78, 5) is 2.29. The van der Waals surface area contributed by atoms with Crippen molar-refractivity contribution in [1.29, 1.82) is 0 Å². The van der Waals surface area contributed by atoms with Crippen LogP contribution in [0.1, 0.15) is 25.8 Å². The molecule has 1 N–H and O–H groups in total. The summed E-state index contributed by atoms with van der Waals surface area (Å²) in [5.41, 5.74) is 2.13. The largest absolute Gasteiger partial charge is 0.392 e. The second-order valence-corrected chi connectivity index (χ2v) is 4.43. The first-order chi connectivity index (χ1) is 7.22. The van der Waals surface area contributed by atoms with E-state index in [2.05, 4.69) is 40.7 Å². The van der Waals surface area contributed by atoms with Gasteiger partial charge in [-0.1, -0.05) is 28.9 Å². The van der Waals surface area contributed by atoms with Gasteiger partial charge in [0.15, 0.2) is 0 Å². The average Bonchev–Trinajstić information content (AvgIpc) is 2.26. The van der Waals surface area contributed by atoms with Crippen LogP contribution < -0.4 is 4.90 Å². The lowest BCUT2D eigenvalue weighted by atomic mass is 10.1. The maximum atomic E-state index is 9.28. The van der Waals surface area contributed by atoms with E-state index in [-0.39, 0.29) is 6.61 Å². The van der Waals surface area contributed by atoms with Gasteiger partial charge in [-0.25, -0.2) is 0 Å². The summed E-state index contributed by atoms with van der Waals surface area (Å²) in [7, 11) is 0. The second-order valence-electron chi connectivity index (χ2n) is 3.51. The summed E-state index contributed by atoms with van der Waals surface area (Å²) in [5, 5.41) is 9.28. The Bertz CT molecular complexity index is 314. The molecule has 0 heterocycles. The minimum Gasteiger partial charge on any atom is -0.392 e. The van der Waals surface area contributed by atoms with Crippen molar-refractivity contribution in [2.24, 2.45) is 0 Å². The third-order valence-corrected chi connectivity index (χ3v) is 2.93. The number of benzene rings is 1. The van der Waals surface area contributed by atoms with Crippen LogP contribution in [0.15, 0.2) is 22.7 Å². The molecule has 0 unspecified atom stereocenters. The smallest absolute Gasteiger partial charge is 0.0702 e. The van der Waals surface area contributed by atoms with Gasteiger partial charge in [-0.15, -0.1) is 0 Å². The highest BCUT2D eigenvalue weighted by Gasteiger charge is 2.08. The quantitative estimate of drug-likeness (QED) is 0.889. The van der Waals surface area contributed by atoms with Crippen molar-refractivity contribution in [1.82, 2.24) is 0 Å². The zero-order valence-corrected chi connectivity index (χ0v) is 10.9. The molecule has 3 heteroatoms. The summed E-state index contributed by atoms with van der Waals surface area (Å²) in [5.74, 6) is 0. The van der Waals surface area contributed by atoms with Crippen molar-refractivity contribution in [3.05, 3.63) is 28.2 Å². The Hall–Kier alpha value is -0.540. The zero-order valence-electron chi connectivity index (χ0n) is 9.33. The fourth-order valence-electron chi connectivity index (χ4n) is 1.68. The van der Waals surface area contributed by atoms with Gasteiger partial charge in [0, 0.05) is 28.8 Å². The topological polar surface area (TPSA) is 23.5 Å². The average molecular weight is 272 g/mol. The minimum atomic E-state index is 0.100. The fourth-order valence-corrected chi connectivity index (χ4v) is 2.03. The highest BCUT2D eigenvalue weighted by molar-refractivity contribution is 9.10. The van der Waals surface area contributed by atoms with Crippen LogP contribution >= 0.6 is 15.9 Å². The van der Waals surface area contributed by atoms with Gasteiger partial charge in [-0.3, -0.25) is 0 Å². The monoisotopic (exact) mass is 271 g/mol. The van der Waals surface area contributed by atoms with Crippen LogP contribution in [0.25, 0.3) is 0 Å². The summed E-state index contributed by atoms with van der Waals surface area (Å²) >= 11 is 3.47. The number of aliphatic hydroxyl groups excluding tert-OH is 1. The highest BCUT2D eigenvalue weighted by atomic mass is 79.9. The standard InChI is InChI=1S/C12H18BrNO/c1-3-7-14(4-2)12-8-11(13)6-5-10(12)9-15/h5-6,8,15H,3-4,7,9H2,1-2H3. The Balaban J connectivity index is 3.02. The number of rotatable bonds is 5. The van der Waals surface area contributed by atoms with Crippen molar-refractivity contribution < 1.29 is 5.11 Å². The summed E-state index contributed by atoms with van der Waals surface area (Å²) in [6, 6.07) is 6.01. The SMILES string of the molecule is CCCN(CC)c1cc(Br)ccc1CO. The molecule has 1 rings (SSSR count). The van der Waals surface area contributed by atoms with Crippen LogP contribution in [0, 0.1) is 0 Å². The number of nitrogens with zero attached hydrogens (tertiary/aromatic N) is 1. The Morgan fingerprint density at radius 1 is 1.33 bits per heavy atom. The third kappa shape index (κ3) is 3.21. The van der Waals surface area contributed by atoms with Gasteiger partial charge < -0.3 is 10.0 Å². The van der Waals surface area contributed by atoms with Crippen LogP contribution in [0.5, 0.6) is 0 Å². The molecule has 0 bridgehead atoms. The van der Waals surface area contributed by atoms with E-state index in [1.165, 1.54) is 0 Å². The maximum absolute atomic E-state index is 9.28. The first-order valence-corrected chi connectivity index (χ1v) is 6.16. The second kappa shape index (κ2) is 6.13. The number of halogens is 1. The summed E-state index contributed by atoms with van der Waals surface area (Å²) < 4.78 is 1.06. The van der Waals surface area contributed by atoms with Gasteiger partial charge in [0.1, 0.15) is 0 Å². The Morgan fingerprint density at radius 3 is 2.60 bits per heavy atom. The van der Waals surface area contributed by atoms with Crippen molar-refractivity contribution in [2.45, 2.75) is 26.9 Å². The van der Waals surface area contributed by atoms with Crippen LogP contribution in [0.3, 0.4) is 0 Å². The van der Waals surface area contributed by atoms with Crippen LogP contribution in [0.4, 0.5) is 5.69 Å². The predicted molar refractivity (Wildman–Crippen MR) is 68.2 cm³/mol. The van der Waals surface area contributed by atoms with Crippen LogP contribution in [-0.2, 0) is 6.61 Å². The van der Waals surface area contributed by atoms with E-state index in [9.17, 15) is 5.11 Å². The molecule has 0 amide bonds.